The number of nitrogens with one attached hydrogen (secondary N) is 2. The summed E-state index contributed by atoms with van der Waals surface area (Å²) in [5.41, 5.74) is 0. The lowest BCUT2D eigenvalue weighted by Gasteiger charge is -2.08. The molecular formula is C10H16N4O. The Labute approximate surface area is 88.9 Å². The zero-order chi connectivity index (χ0) is 10.7. The molecule has 15 heavy (non-hydrogen) atoms. The Morgan fingerprint density at radius 2 is 2.13 bits per heavy atom. The largest absolute Gasteiger partial charge is 0.395 e. The van der Waals surface area contributed by atoms with E-state index in [4.69, 9.17) is 5.11 Å². The van der Waals surface area contributed by atoms with Crippen molar-refractivity contribution in [3.05, 3.63) is 11.9 Å². The third-order valence-electron chi connectivity index (χ3n) is 2.19. The van der Waals surface area contributed by atoms with Gasteiger partial charge in [-0.25, -0.2) is 9.97 Å². The summed E-state index contributed by atoms with van der Waals surface area (Å²) in [6.45, 7) is 2.48. The van der Waals surface area contributed by atoms with Gasteiger partial charge in [0.2, 0.25) is 0 Å². The van der Waals surface area contributed by atoms with Crippen LogP contribution >= 0.6 is 0 Å². The summed E-state index contributed by atoms with van der Waals surface area (Å²) in [7, 11) is 0. The molecule has 5 heteroatoms. The van der Waals surface area contributed by atoms with E-state index in [-0.39, 0.29) is 6.61 Å². The lowest BCUT2D eigenvalue weighted by molar-refractivity contribution is 0.311. The quantitative estimate of drug-likeness (QED) is 0.666. The number of hydrogen-bond donors (Lipinski definition) is 3. The van der Waals surface area contributed by atoms with Crippen LogP contribution in [0.3, 0.4) is 0 Å². The molecule has 3 N–H and O–H groups in total. The minimum Gasteiger partial charge on any atom is -0.395 e. The van der Waals surface area contributed by atoms with E-state index in [9.17, 15) is 0 Å². The van der Waals surface area contributed by atoms with Crippen molar-refractivity contribution in [1.82, 2.24) is 9.97 Å². The minimum atomic E-state index is 0.106. The van der Waals surface area contributed by atoms with Gasteiger partial charge in [-0.3, -0.25) is 0 Å². The Morgan fingerprint density at radius 3 is 2.80 bits per heavy atom. The molecule has 1 heterocycles. The summed E-state index contributed by atoms with van der Waals surface area (Å²) >= 11 is 0. The molecule has 1 aliphatic carbocycles. The van der Waals surface area contributed by atoms with E-state index in [0.29, 0.717) is 12.6 Å². The molecule has 5 nitrogen and oxygen atoms in total. The lowest BCUT2D eigenvalue weighted by Crippen LogP contribution is -2.10. The molecule has 0 atom stereocenters. The maximum atomic E-state index is 8.70. The molecule has 0 amide bonds. The SMILES string of the molecule is Cc1nc(NCCO)cc(NC2CC2)n1. The number of aliphatic hydroxyl groups excluding tert-OH is 1. The van der Waals surface area contributed by atoms with Gasteiger partial charge in [-0.2, -0.15) is 0 Å². The van der Waals surface area contributed by atoms with Crippen molar-refractivity contribution in [1.29, 1.82) is 0 Å². The monoisotopic (exact) mass is 208 g/mol. The fourth-order valence-electron chi connectivity index (χ4n) is 1.35. The highest BCUT2D eigenvalue weighted by molar-refractivity contribution is 5.48. The molecule has 1 aliphatic rings. The zero-order valence-corrected chi connectivity index (χ0v) is 8.82. The van der Waals surface area contributed by atoms with E-state index in [1.54, 1.807) is 0 Å². The number of anilines is 2. The Balaban J connectivity index is 2.05. The lowest BCUT2D eigenvalue weighted by atomic mass is 10.4. The van der Waals surface area contributed by atoms with Crippen LogP contribution in [0.25, 0.3) is 0 Å². The molecule has 1 saturated carbocycles. The molecule has 2 rings (SSSR count). The summed E-state index contributed by atoms with van der Waals surface area (Å²) in [4.78, 5) is 8.52. The van der Waals surface area contributed by atoms with E-state index < -0.39 is 0 Å². The van der Waals surface area contributed by atoms with E-state index in [1.165, 1.54) is 12.8 Å². The fraction of sp³-hybridized carbons (Fsp3) is 0.600. The van der Waals surface area contributed by atoms with Gasteiger partial charge in [0.15, 0.2) is 0 Å². The van der Waals surface area contributed by atoms with Crippen LogP contribution in [0.1, 0.15) is 18.7 Å². The fourth-order valence-corrected chi connectivity index (χ4v) is 1.35. The number of aromatic nitrogens is 2. The van der Waals surface area contributed by atoms with Gasteiger partial charge in [0, 0.05) is 18.7 Å². The molecule has 0 unspecified atom stereocenters. The number of nitrogens with zero attached hydrogens (tertiary/aromatic N) is 2. The standard InChI is InChI=1S/C10H16N4O/c1-7-12-9(11-4-5-15)6-10(13-7)14-8-2-3-8/h6,8,15H,2-5H2,1H3,(H2,11,12,13,14). The Kier molecular flexibility index (Phi) is 3.01. The second-order valence-electron chi connectivity index (χ2n) is 3.75. The molecule has 0 spiro atoms. The normalized spacial score (nSPS) is 15.1. The predicted octanol–water partition coefficient (Wildman–Crippen LogP) is 0.764. The molecule has 0 radical (unpaired) electrons. The van der Waals surface area contributed by atoms with Crippen LogP contribution in [0.4, 0.5) is 11.6 Å². The first-order valence-corrected chi connectivity index (χ1v) is 5.25. The Bertz CT molecular complexity index is 338. The van der Waals surface area contributed by atoms with Crippen molar-refractivity contribution in [2.45, 2.75) is 25.8 Å². The first kappa shape index (κ1) is 10.2. The third kappa shape index (κ3) is 3.06. The van der Waals surface area contributed by atoms with Crippen LogP contribution in [0, 0.1) is 6.92 Å². The Morgan fingerprint density at radius 1 is 1.40 bits per heavy atom. The van der Waals surface area contributed by atoms with Gasteiger partial charge in [0.25, 0.3) is 0 Å². The molecule has 0 bridgehead atoms. The topological polar surface area (TPSA) is 70.1 Å². The first-order valence-electron chi connectivity index (χ1n) is 5.25. The van der Waals surface area contributed by atoms with Crippen molar-refractivity contribution in [2.75, 3.05) is 23.8 Å². The number of rotatable bonds is 5. The van der Waals surface area contributed by atoms with Gasteiger partial charge >= 0.3 is 0 Å². The van der Waals surface area contributed by atoms with Crippen LogP contribution < -0.4 is 10.6 Å². The molecule has 82 valence electrons. The van der Waals surface area contributed by atoms with Crippen molar-refractivity contribution < 1.29 is 5.11 Å². The molecule has 1 aromatic heterocycles. The van der Waals surface area contributed by atoms with Gasteiger partial charge < -0.3 is 15.7 Å². The smallest absolute Gasteiger partial charge is 0.132 e. The summed E-state index contributed by atoms with van der Waals surface area (Å²) in [5, 5.41) is 15.0. The highest BCUT2D eigenvalue weighted by Gasteiger charge is 2.21. The van der Waals surface area contributed by atoms with Gasteiger partial charge in [-0.15, -0.1) is 0 Å². The van der Waals surface area contributed by atoms with E-state index >= 15 is 0 Å². The predicted molar refractivity (Wildman–Crippen MR) is 59.0 cm³/mol. The highest BCUT2D eigenvalue weighted by Crippen LogP contribution is 2.24. The molecular weight excluding hydrogens is 192 g/mol. The van der Waals surface area contributed by atoms with Crippen molar-refractivity contribution in [3.8, 4) is 0 Å². The van der Waals surface area contributed by atoms with Gasteiger partial charge in [0.1, 0.15) is 17.5 Å². The van der Waals surface area contributed by atoms with Crippen LogP contribution in [0.15, 0.2) is 6.07 Å². The maximum Gasteiger partial charge on any atom is 0.132 e. The molecule has 0 saturated heterocycles. The third-order valence-corrected chi connectivity index (χ3v) is 2.19. The van der Waals surface area contributed by atoms with Gasteiger partial charge in [0.05, 0.1) is 6.61 Å². The van der Waals surface area contributed by atoms with Gasteiger partial charge in [-0.1, -0.05) is 0 Å². The van der Waals surface area contributed by atoms with Crippen LogP contribution in [-0.2, 0) is 0 Å². The highest BCUT2D eigenvalue weighted by atomic mass is 16.3. The number of hydrogen-bond acceptors (Lipinski definition) is 5. The van der Waals surface area contributed by atoms with Crippen molar-refractivity contribution in [2.24, 2.45) is 0 Å². The van der Waals surface area contributed by atoms with Gasteiger partial charge in [-0.05, 0) is 19.8 Å². The minimum absolute atomic E-state index is 0.106. The average molecular weight is 208 g/mol. The molecule has 1 fully saturated rings. The van der Waals surface area contributed by atoms with Crippen LogP contribution in [0.2, 0.25) is 0 Å². The average Bonchev–Trinajstić information content (AvgIpc) is 2.98. The number of aliphatic hydroxyl groups is 1. The maximum absolute atomic E-state index is 8.70. The summed E-state index contributed by atoms with van der Waals surface area (Å²) in [5.74, 6) is 2.37. The van der Waals surface area contributed by atoms with E-state index in [0.717, 1.165) is 17.5 Å². The van der Waals surface area contributed by atoms with E-state index in [2.05, 4.69) is 20.6 Å². The molecule has 0 aromatic carbocycles. The van der Waals surface area contributed by atoms with E-state index in [1.807, 2.05) is 13.0 Å². The van der Waals surface area contributed by atoms with Crippen LogP contribution in [0.5, 0.6) is 0 Å². The summed E-state index contributed by atoms with van der Waals surface area (Å²) < 4.78 is 0. The van der Waals surface area contributed by atoms with Crippen LogP contribution in [-0.4, -0.2) is 34.3 Å². The van der Waals surface area contributed by atoms with Crippen molar-refractivity contribution in [3.63, 3.8) is 0 Å². The molecule has 0 aliphatic heterocycles. The Hall–Kier alpha value is -1.36. The number of aryl methyl sites for hydroxylation is 1. The first-order chi connectivity index (χ1) is 7.28. The second-order valence-corrected chi connectivity index (χ2v) is 3.75. The zero-order valence-electron chi connectivity index (χ0n) is 8.82. The van der Waals surface area contributed by atoms with Crippen molar-refractivity contribution >= 4 is 11.6 Å². The summed E-state index contributed by atoms with van der Waals surface area (Å²) in [6, 6.07) is 2.46. The molecule has 1 aromatic rings. The summed E-state index contributed by atoms with van der Waals surface area (Å²) in [6.07, 6.45) is 2.45. The second kappa shape index (κ2) is 4.44.